The minimum absolute atomic E-state index is 0.0329. The maximum atomic E-state index is 14.2. The highest BCUT2D eigenvalue weighted by Gasteiger charge is 2.44. The van der Waals surface area contributed by atoms with Crippen molar-refractivity contribution in [2.75, 3.05) is 4.72 Å². The summed E-state index contributed by atoms with van der Waals surface area (Å²) in [6, 6.07) is 23.2. The number of rotatable bonds is 8. The fourth-order valence-corrected chi connectivity index (χ4v) is 7.08. The number of fused-ring (bicyclic) bond motifs is 1. The molecule has 0 radical (unpaired) electrons. The highest BCUT2D eigenvalue weighted by atomic mass is 35.5. The van der Waals surface area contributed by atoms with Crippen molar-refractivity contribution in [3.63, 3.8) is 0 Å². The molecule has 12 nitrogen and oxygen atoms in total. The number of halogens is 1. The Morgan fingerprint density at radius 1 is 0.915 bits per heavy atom. The quantitative estimate of drug-likeness (QED) is 0.151. The van der Waals surface area contributed by atoms with E-state index in [1.165, 1.54) is 65.7 Å². The molecule has 2 aliphatic rings. The van der Waals surface area contributed by atoms with Crippen LogP contribution in [0.25, 0.3) is 6.08 Å². The molecule has 14 heteroatoms. The van der Waals surface area contributed by atoms with Crippen molar-refractivity contribution >= 4 is 56.4 Å². The van der Waals surface area contributed by atoms with Gasteiger partial charge in [-0.25, -0.2) is 13.4 Å². The Morgan fingerprint density at radius 3 is 2.19 bits per heavy atom. The number of amides is 1. The summed E-state index contributed by atoms with van der Waals surface area (Å²) >= 11 is 5.92. The summed E-state index contributed by atoms with van der Waals surface area (Å²) in [7, 11) is -4.07. The zero-order valence-corrected chi connectivity index (χ0v) is 26.1. The molecule has 4 aromatic rings. The molecular formula is C33H26ClN5O7S. The lowest BCUT2D eigenvalue weighted by Gasteiger charge is -2.29. The summed E-state index contributed by atoms with van der Waals surface area (Å²) in [5.74, 6) is -0.801. The smallest absolute Gasteiger partial charge is 0.274 e. The van der Waals surface area contributed by atoms with Crippen molar-refractivity contribution in [3.05, 3.63) is 145 Å². The van der Waals surface area contributed by atoms with Gasteiger partial charge in [0.05, 0.1) is 26.5 Å². The molecular weight excluding hydrogens is 646 g/mol. The maximum absolute atomic E-state index is 14.2. The van der Waals surface area contributed by atoms with Crippen molar-refractivity contribution in [2.45, 2.75) is 30.2 Å². The van der Waals surface area contributed by atoms with Crippen LogP contribution in [0.5, 0.6) is 0 Å². The van der Waals surface area contributed by atoms with E-state index in [2.05, 4.69) is 4.72 Å². The number of benzene rings is 4. The molecule has 47 heavy (non-hydrogen) atoms. The second-order valence-corrected chi connectivity index (χ2v) is 13.2. The van der Waals surface area contributed by atoms with Crippen LogP contribution < -0.4 is 4.72 Å². The number of hydrogen-bond acceptors (Lipinski definition) is 8. The average Bonchev–Trinajstić information content (AvgIpc) is 3.46. The molecule has 1 aliphatic heterocycles. The molecule has 6 rings (SSSR count). The average molecular weight is 672 g/mol. The predicted molar refractivity (Wildman–Crippen MR) is 177 cm³/mol. The van der Waals surface area contributed by atoms with Gasteiger partial charge in [-0.1, -0.05) is 29.8 Å². The summed E-state index contributed by atoms with van der Waals surface area (Å²) in [6.07, 6.45) is 4.01. The van der Waals surface area contributed by atoms with Gasteiger partial charge in [0.15, 0.2) is 0 Å². The monoisotopic (exact) mass is 671 g/mol. The molecule has 1 aliphatic carbocycles. The van der Waals surface area contributed by atoms with Crippen LogP contribution in [0, 0.1) is 26.1 Å². The normalized spacial score (nSPS) is 18.4. The summed E-state index contributed by atoms with van der Waals surface area (Å²) in [5.41, 5.74) is 3.15. The fourth-order valence-electron chi connectivity index (χ4n) is 5.85. The van der Waals surface area contributed by atoms with Gasteiger partial charge in [-0.2, -0.15) is 5.10 Å². The Labute approximate surface area is 274 Å². The van der Waals surface area contributed by atoms with Crippen LogP contribution in [0.4, 0.5) is 17.1 Å². The van der Waals surface area contributed by atoms with Crippen molar-refractivity contribution in [1.29, 1.82) is 0 Å². The second kappa shape index (κ2) is 12.8. The van der Waals surface area contributed by atoms with E-state index in [-0.39, 0.29) is 27.8 Å². The maximum Gasteiger partial charge on any atom is 0.274 e. The number of allylic oxidation sites excluding steroid dienone is 1. The number of hydrogen-bond donors (Lipinski definition) is 1. The molecule has 0 aromatic heterocycles. The van der Waals surface area contributed by atoms with Gasteiger partial charge in [-0.3, -0.25) is 29.7 Å². The van der Waals surface area contributed by atoms with E-state index in [1.807, 2.05) is 6.08 Å². The van der Waals surface area contributed by atoms with Crippen LogP contribution in [0.15, 0.2) is 113 Å². The zero-order valence-electron chi connectivity index (χ0n) is 24.5. The molecule has 0 unspecified atom stereocenters. The number of nitrogens with zero attached hydrogens (tertiary/aromatic N) is 4. The topological polar surface area (TPSA) is 165 Å². The lowest BCUT2D eigenvalue weighted by atomic mass is 9.77. The summed E-state index contributed by atoms with van der Waals surface area (Å²) in [5, 5.41) is 29.1. The van der Waals surface area contributed by atoms with Crippen molar-refractivity contribution in [1.82, 2.24) is 5.01 Å². The standard InChI is InChI=1S/C33H26ClN5O7S/c34-25-11-13-26(14-12-25)36-47(45,46)29-5-1-4-24(20-29)33(40)37-32(22-9-17-28(18-10-22)39(43)44)30-6-2-3-23(31(30)35-37)19-21-7-15-27(16-8-21)38(41)42/h1,4-5,7-20,30,32,36H,2-3,6H2/b23-19+/t30-,32+/m0/s1. The molecule has 1 fully saturated rings. The van der Waals surface area contributed by atoms with Gasteiger partial charge in [0, 0.05) is 46.5 Å². The number of non-ortho nitro benzene ring substituents is 2. The SMILES string of the molecule is O=C(c1cccc(S(=O)(=O)Nc2ccc(Cl)cc2)c1)N1N=C2/C(=C/c3ccc([N+](=O)[O-])cc3)CCC[C@@H]2[C@H]1c1ccc([N+](=O)[O-])cc1. The van der Waals surface area contributed by atoms with E-state index in [9.17, 15) is 33.4 Å². The highest BCUT2D eigenvalue weighted by Crippen LogP contribution is 2.45. The number of hydrazone groups is 1. The first kappa shape index (κ1) is 31.6. The minimum Gasteiger partial charge on any atom is -0.280 e. The Bertz CT molecular complexity index is 2050. The lowest BCUT2D eigenvalue weighted by molar-refractivity contribution is -0.385. The number of carbonyl (C=O) groups is 1. The molecule has 1 heterocycles. The van der Waals surface area contributed by atoms with Gasteiger partial charge in [0.2, 0.25) is 0 Å². The number of nitrogens with one attached hydrogen (secondary N) is 1. The van der Waals surface area contributed by atoms with E-state index in [1.54, 1.807) is 36.4 Å². The Kier molecular flexibility index (Phi) is 8.58. The van der Waals surface area contributed by atoms with Crippen LogP contribution in [0.1, 0.15) is 46.8 Å². The van der Waals surface area contributed by atoms with Crippen LogP contribution in [0.3, 0.4) is 0 Å². The molecule has 4 aromatic carbocycles. The molecule has 0 saturated heterocycles. The molecule has 0 spiro atoms. The first-order valence-electron chi connectivity index (χ1n) is 14.5. The zero-order chi connectivity index (χ0) is 33.3. The summed E-state index contributed by atoms with van der Waals surface area (Å²) < 4.78 is 29.0. The third-order valence-corrected chi connectivity index (χ3v) is 9.72. The summed E-state index contributed by atoms with van der Waals surface area (Å²) in [4.78, 5) is 35.6. The van der Waals surface area contributed by atoms with Gasteiger partial charge in [0.1, 0.15) is 0 Å². The van der Waals surface area contributed by atoms with Crippen LogP contribution >= 0.6 is 11.6 Å². The largest absolute Gasteiger partial charge is 0.280 e. The number of carbonyl (C=O) groups excluding carboxylic acids is 1. The molecule has 0 bridgehead atoms. The van der Waals surface area contributed by atoms with Crippen molar-refractivity contribution in [3.8, 4) is 0 Å². The second-order valence-electron chi connectivity index (χ2n) is 11.1. The van der Waals surface area contributed by atoms with Gasteiger partial charge < -0.3 is 0 Å². The van der Waals surface area contributed by atoms with Crippen molar-refractivity contribution < 1.29 is 23.1 Å². The van der Waals surface area contributed by atoms with Gasteiger partial charge in [-0.15, -0.1) is 0 Å². The lowest BCUT2D eigenvalue weighted by Crippen LogP contribution is -2.32. The molecule has 1 saturated carbocycles. The number of sulfonamides is 1. The van der Waals surface area contributed by atoms with E-state index >= 15 is 0 Å². The summed E-state index contributed by atoms with van der Waals surface area (Å²) in [6.45, 7) is 0. The molecule has 2 atom stereocenters. The first-order chi connectivity index (χ1) is 22.5. The Morgan fingerprint density at radius 2 is 1.55 bits per heavy atom. The third kappa shape index (κ3) is 6.62. The fraction of sp³-hybridized carbons (Fsp3) is 0.152. The Hall–Kier alpha value is -5.40. The first-order valence-corrected chi connectivity index (χ1v) is 16.4. The Balaban J connectivity index is 1.37. The van der Waals surface area contributed by atoms with Crippen LogP contribution in [-0.2, 0) is 10.0 Å². The van der Waals surface area contributed by atoms with E-state index < -0.39 is 31.8 Å². The van der Waals surface area contributed by atoms with E-state index in [0.717, 1.165) is 17.6 Å². The molecule has 1 N–H and O–H groups in total. The predicted octanol–water partition coefficient (Wildman–Crippen LogP) is 7.39. The van der Waals surface area contributed by atoms with E-state index in [4.69, 9.17) is 16.7 Å². The van der Waals surface area contributed by atoms with Crippen LogP contribution in [-0.4, -0.2) is 34.9 Å². The molecule has 1 amide bonds. The van der Waals surface area contributed by atoms with Gasteiger partial charge in [-0.05, 0) is 96.6 Å². The molecule has 238 valence electrons. The third-order valence-electron chi connectivity index (χ3n) is 8.09. The van der Waals surface area contributed by atoms with Crippen LogP contribution in [0.2, 0.25) is 5.02 Å². The minimum atomic E-state index is -4.07. The number of nitro groups is 2. The number of nitro benzene ring substituents is 2. The van der Waals surface area contributed by atoms with Gasteiger partial charge in [0.25, 0.3) is 27.3 Å². The van der Waals surface area contributed by atoms with Crippen molar-refractivity contribution in [2.24, 2.45) is 11.0 Å². The van der Waals surface area contributed by atoms with Gasteiger partial charge >= 0.3 is 0 Å². The highest BCUT2D eigenvalue weighted by molar-refractivity contribution is 7.92. The number of anilines is 1. The van der Waals surface area contributed by atoms with E-state index in [0.29, 0.717) is 34.8 Å².